The summed E-state index contributed by atoms with van der Waals surface area (Å²) in [6.07, 6.45) is 0.714. The molecule has 0 saturated carbocycles. The number of ketones is 1. The van der Waals surface area contributed by atoms with Gasteiger partial charge >= 0.3 is 0 Å². The molecule has 2 aromatic carbocycles. The van der Waals surface area contributed by atoms with Crippen molar-refractivity contribution in [2.45, 2.75) is 32.7 Å². The van der Waals surface area contributed by atoms with E-state index in [4.69, 9.17) is 4.74 Å². The van der Waals surface area contributed by atoms with Gasteiger partial charge in [-0.15, -0.1) is 0 Å². The lowest BCUT2D eigenvalue weighted by atomic mass is 9.78. The van der Waals surface area contributed by atoms with Crippen LogP contribution in [0.3, 0.4) is 0 Å². The van der Waals surface area contributed by atoms with Gasteiger partial charge in [-0.1, -0.05) is 37.3 Å². The summed E-state index contributed by atoms with van der Waals surface area (Å²) in [6.45, 7) is 9.62. The van der Waals surface area contributed by atoms with E-state index in [1.165, 1.54) is 5.69 Å². The number of Topliss-reactive ketones (excluding diaryl/α,β-unsaturated/α-hetero) is 1. The number of likely N-dealkylation sites (N-methyl/N-ethyl adjacent to an activating group) is 1. The van der Waals surface area contributed by atoms with E-state index in [2.05, 4.69) is 54.8 Å². The zero-order chi connectivity index (χ0) is 20.3. The van der Waals surface area contributed by atoms with Crippen molar-refractivity contribution in [1.82, 2.24) is 4.90 Å². The monoisotopic (exact) mass is 380 g/mol. The second-order valence-corrected chi connectivity index (χ2v) is 7.86. The number of anilines is 1. The summed E-state index contributed by atoms with van der Waals surface area (Å²) in [4.78, 5) is 18.3. The van der Waals surface area contributed by atoms with Crippen LogP contribution in [-0.2, 0) is 10.3 Å². The molecule has 1 heterocycles. The molecule has 3 rings (SSSR count). The first-order valence-corrected chi connectivity index (χ1v) is 10.1. The molecule has 0 spiro atoms. The predicted octanol–water partition coefficient (Wildman–Crippen LogP) is 4.19. The van der Waals surface area contributed by atoms with Crippen molar-refractivity contribution in [2.75, 3.05) is 45.3 Å². The Morgan fingerprint density at radius 1 is 1.07 bits per heavy atom. The van der Waals surface area contributed by atoms with E-state index in [-0.39, 0.29) is 5.78 Å². The van der Waals surface area contributed by atoms with Crippen LogP contribution in [0, 0.1) is 13.8 Å². The highest BCUT2D eigenvalue weighted by molar-refractivity contribution is 6.04. The average molecular weight is 381 g/mol. The number of benzene rings is 2. The molecule has 1 atom stereocenters. The Morgan fingerprint density at radius 3 is 2.14 bits per heavy atom. The summed E-state index contributed by atoms with van der Waals surface area (Å²) in [5.41, 5.74) is 4.71. The number of carbonyl (C=O) groups excluding carboxylic acids is 1. The molecule has 0 bridgehead atoms. The van der Waals surface area contributed by atoms with E-state index in [9.17, 15) is 4.79 Å². The van der Waals surface area contributed by atoms with Crippen LogP contribution >= 0.6 is 0 Å². The topological polar surface area (TPSA) is 32.8 Å². The molecular formula is C24H32N2O2. The molecule has 1 saturated heterocycles. The number of carbonyl (C=O) groups is 1. The molecule has 1 aliphatic rings. The van der Waals surface area contributed by atoms with Crippen LogP contribution in [0.25, 0.3) is 0 Å². The smallest absolute Gasteiger partial charge is 0.187 e. The first-order chi connectivity index (χ1) is 13.4. The van der Waals surface area contributed by atoms with Crippen LogP contribution in [0.1, 0.15) is 40.4 Å². The molecule has 1 fully saturated rings. The zero-order valence-corrected chi connectivity index (χ0v) is 17.8. The highest BCUT2D eigenvalue weighted by Crippen LogP contribution is 2.36. The molecule has 4 nitrogen and oxygen atoms in total. The third-order valence-electron chi connectivity index (χ3n) is 5.98. The van der Waals surface area contributed by atoms with Gasteiger partial charge in [-0.2, -0.15) is 0 Å². The quantitative estimate of drug-likeness (QED) is 0.704. The summed E-state index contributed by atoms with van der Waals surface area (Å²) in [5, 5.41) is 0. The minimum atomic E-state index is -0.666. The van der Waals surface area contributed by atoms with Gasteiger partial charge in [-0.25, -0.2) is 0 Å². The number of ether oxygens (including phenoxy) is 1. The van der Waals surface area contributed by atoms with Crippen LogP contribution in [0.5, 0.6) is 0 Å². The van der Waals surface area contributed by atoms with E-state index < -0.39 is 5.54 Å². The molecule has 1 unspecified atom stereocenters. The normalized spacial score (nSPS) is 16.9. The van der Waals surface area contributed by atoms with Gasteiger partial charge in [0.2, 0.25) is 0 Å². The van der Waals surface area contributed by atoms with Crippen molar-refractivity contribution in [3.05, 3.63) is 64.7 Å². The van der Waals surface area contributed by atoms with Crippen LogP contribution in [0.4, 0.5) is 5.69 Å². The van der Waals surface area contributed by atoms with Crippen LogP contribution in [0.15, 0.2) is 42.5 Å². The van der Waals surface area contributed by atoms with E-state index in [0.717, 1.165) is 48.6 Å². The zero-order valence-electron chi connectivity index (χ0n) is 17.8. The van der Waals surface area contributed by atoms with Gasteiger partial charge in [-0.05, 0) is 63.2 Å². The number of aryl methyl sites for hydroxylation is 2. The van der Waals surface area contributed by atoms with Gasteiger partial charge in [0.25, 0.3) is 0 Å². The van der Waals surface area contributed by atoms with Crippen molar-refractivity contribution < 1.29 is 9.53 Å². The Morgan fingerprint density at radius 2 is 1.64 bits per heavy atom. The maximum atomic E-state index is 13.9. The Bertz CT molecular complexity index is 803. The summed E-state index contributed by atoms with van der Waals surface area (Å²) in [7, 11) is 3.99. The molecule has 28 heavy (non-hydrogen) atoms. The highest BCUT2D eigenvalue weighted by Gasteiger charge is 2.41. The number of nitrogens with zero attached hydrogens (tertiary/aromatic N) is 2. The maximum Gasteiger partial charge on any atom is 0.187 e. The molecule has 0 radical (unpaired) electrons. The molecular weight excluding hydrogens is 348 g/mol. The van der Waals surface area contributed by atoms with Crippen molar-refractivity contribution in [3.63, 3.8) is 0 Å². The molecule has 0 N–H and O–H groups in total. The number of hydrogen-bond donors (Lipinski definition) is 0. The fourth-order valence-corrected chi connectivity index (χ4v) is 4.60. The Kier molecular flexibility index (Phi) is 6.21. The number of morpholine rings is 1. The van der Waals surface area contributed by atoms with Gasteiger partial charge in [0.05, 0.1) is 13.2 Å². The lowest BCUT2D eigenvalue weighted by molar-refractivity contribution is 0.0660. The van der Waals surface area contributed by atoms with Crippen molar-refractivity contribution in [2.24, 2.45) is 0 Å². The van der Waals surface area contributed by atoms with Crippen molar-refractivity contribution in [3.8, 4) is 0 Å². The molecule has 0 aromatic heterocycles. The van der Waals surface area contributed by atoms with Gasteiger partial charge in [-0.3, -0.25) is 9.69 Å². The molecule has 4 heteroatoms. The second-order valence-electron chi connectivity index (χ2n) is 7.86. The Hall–Kier alpha value is -2.17. The third kappa shape index (κ3) is 3.59. The Labute approximate surface area is 169 Å². The minimum absolute atomic E-state index is 0.158. The van der Waals surface area contributed by atoms with Crippen LogP contribution in [0.2, 0.25) is 0 Å². The summed E-state index contributed by atoms with van der Waals surface area (Å²) >= 11 is 0. The summed E-state index contributed by atoms with van der Waals surface area (Å²) in [5.74, 6) is 0.158. The van der Waals surface area contributed by atoms with Crippen molar-refractivity contribution >= 4 is 11.5 Å². The summed E-state index contributed by atoms with van der Waals surface area (Å²) < 4.78 is 5.50. The molecule has 1 aliphatic heterocycles. The van der Waals surface area contributed by atoms with E-state index in [1.807, 2.05) is 32.3 Å². The third-order valence-corrected chi connectivity index (χ3v) is 5.98. The summed E-state index contributed by atoms with van der Waals surface area (Å²) in [6, 6.07) is 14.3. The minimum Gasteiger partial charge on any atom is -0.378 e. The van der Waals surface area contributed by atoms with Crippen LogP contribution < -0.4 is 4.90 Å². The van der Waals surface area contributed by atoms with Gasteiger partial charge in [0.1, 0.15) is 5.54 Å². The lowest BCUT2D eigenvalue weighted by Gasteiger charge is -2.39. The molecule has 2 aromatic rings. The van der Waals surface area contributed by atoms with E-state index in [1.54, 1.807) is 0 Å². The van der Waals surface area contributed by atoms with Gasteiger partial charge in [0, 0.05) is 24.3 Å². The molecule has 150 valence electrons. The SMILES string of the molecule is CCC(C(=O)c1cc(C)c(N2CCOCC2)c(C)c1)(c1ccccc1)N(C)C. The van der Waals surface area contributed by atoms with E-state index >= 15 is 0 Å². The van der Waals surface area contributed by atoms with Crippen LogP contribution in [-0.4, -0.2) is 51.1 Å². The second kappa shape index (κ2) is 8.46. The fraction of sp³-hybridized carbons (Fsp3) is 0.458. The molecule has 0 amide bonds. The standard InChI is InChI=1S/C24H32N2O2/c1-6-24(25(4)5,21-10-8-7-9-11-21)23(27)20-16-18(2)22(19(3)17-20)26-12-14-28-15-13-26/h7-11,16-17H,6,12-15H2,1-5H3. The fourth-order valence-electron chi connectivity index (χ4n) is 4.60. The van der Waals surface area contributed by atoms with E-state index in [0.29, 0.717) is 6.42 Å². The lowest BCUT2D eigenvalue weighted by Crippen LogP contribution is -2.48. The van der Waals surface area contributed by atoms with Crippen molar-refractivity contribution in [1.29, 1.82) is 0 Å². The first kappa shape index (κ1) is 20.6. The Balaban J connectivity index is 2.05. The maximum absolute atomic E-state index is 13.9. The number of hydrogen-bond acceptors (Lipinski definition) is 4. The largest absolute Gasteiger partial charge is 0.378 e. The predicted molar refractivity (Wildman–Crippen MR) is 115 cm³/mol. The number of rotatable bonds is 6. The molecule has 0 aliphatic carbocycles. The van der Waals surface area contributed by atoms with Gasteiger partial charge in [0.15, 0.2) is 5.78 Å². The average Bonchev–Trinajstić information content (AvgIpc) is 2.69. The van der Waals surface area contributed by atoms with Gasteiger partial charge < -0.3 is 9.64 Å². The highest BCUT2D eigenvalue weighted by atomic mass is 16.5. The first-order valence-electron chi connectivity index (χ1n) is 10.1.